The van der Waals surface area contributed by atoms with Gasteiger partial charge in [-0.2, -0.15) is 9.97 Å². The average Bonchev–Trinajstić information content (AvgIpc) is 4.08. The molecule has 0 bridgehead atoms. The third kappa shape index (κ3) is 9.61. The molecule has 0 saturated carbocycles. The number of hydrogen-bond acceptors (Lipinski definition) is 14. The van der Waals surface area contributed by atoms with Crippen LogP contribution in [0.5, 0.6) is 0 Å². The minimum absolute atomic E-state index is 0.150. The van der Waals surface area contributed by atoms with Crippen molar-refractivity contribution in [2.24, 2.45) is 5.73 Å². The highest BCUT2D eigenvalue weighted by Crippen LogP contribution is 2.22. The monoisotopic (exact) mass is 858 g/mol. The molecule has 2 amide bonds. The maximum Gasteiger partial charge on any atom is 0.294 e. The van der Waals surface area contributed by atoms with Gasteiger partial charge >= 0.3 is 0 Å². The number of anilines is 1. The molecular formula is C44H35ClN14O4. The van der Waals surface area contributed by atoms with Crippen LogP contribution < -0.4 is 11.1 Å². The largest absolute Gasteiger partial charge is 0.436 e. The van der Waals surface area contributed by atoms with Gasteiger partial charge in [0.05, 0.1) is 11.4 Å². The van der Waals surface area contributed by atoms with E-state index in [1.165, 1.54) is 0 Å². The van der Waals surface area contributed by atoms with Gasteiger partial charge in [0.15, 0.2) is 11.8 Å². The van der Waals surface area contributed by atoms with Crippen molar-refractivity contribution in [3.8, 4) is 45.3 Å². The molecule has 19 heteroatoms. The predicted octanol–water partition coefficient (Wildman–Crippen LogP) is 7.61. The number of rotatable bonds is 7. The van der Waals surface area contributed by atoms with E-state index >= 15 is 0 Å². The third-order valence-corrected chi connectivity index (χ3v) is 9.21. The SMILES string of the molecule is Cc1nc(C)c(C(=O)Nc2cccc(-c3nc4ncc(-c5ccccc5)cn4n3)n2)o1.Cc1nc(C)c(C(N)=O)o1.Clc1cccc(-c2nc3ncc(-c4ccccc4)cn3n2)n1. The van der Waals surface area contributed by atoms with Crippen LogP contribution in [0, 0.1) is 27.7 Å². The van der Waals surface area contributed by atoms with E-state index in [1.54, 1.807) is 73.4 Å². The molecule has 0 unspecified atom stereocenters. The Kier molecular flexibility index (Phi) is 11.8. The maximum atomic E-state index is 12.5. The highest BCUT2D eigenvalue weighted by atomic mass is 35.5. The number of nitrogens with two attached hydrogens (primary N) is 1. The van der Waals surface area contributed by atoms with Gasteiger partial charge in [-0.05, 0) is 49.2 Å². The minimum Gasteiger partial charge on any atom is -0.436 e. The zero-order valence-corrected chi connectivity index (χ0v) is 34.8. The number of carbonyl (C=O) groups is 2. The second-order valence-electron chi connectivity index (χ2n) is 13.6. The van der Waals surface area contributed by atoms with Gasteiger partial charge in [0, 0.05) is 49.8 Å². The second kappa shape index (κ2) is 18.0. The van der Waals surface area contributed by atoms with E-state index in [-0.39, 0.29) is 11.5 Å². The number of oxazole rings is 2. The summed E-state index contributed by atoms with van der Waals surface area (Å²) in [7, 11) is 0. The molecule has 0 spiro atoms. The molecule has 2 aromatic carbocycles. The second-order valence-corrected chi connectivity index (χ2v) is 14.0. The number of hydrogen-bond donors (Lipinski definition) is 2. The van der Waals surface area contributed by atoms with Gasteiger partial charge in [-0.3, -0.25) is 9.59 Å². The van der Waals surface area contributed by atoms with Crippen LogP contribution in [0.15, 0.2) is 131 Å². The summed E-state index contributed by atoms with van der Waals surface area (Å²) in [5, 5.41) is 12.1. The number of amides is 2. The number of aromatic nitrogens is 12. The Labute approximate surface area is 363 Å². The number of nitrogens with zero attached hydrogens (tertiary/aromatic N) is 12. The lowest BCUT2D eigenvalue weighted by Gasteiger charge is -2.03. The van der Waals surface area contributed by atoms with Crippen molar-refractivity contribution in [3.05, 3.63) is 162 Å². The van der Waals surface area contributed by atoms with Crippen LogP contribution >= 0.6 is 11.6 Å². The summed E-state index contributed by atoms with van der Waals surface area (Å²) < 4.78 is 13.5. The summed E-state index contributed by atoms with van der Waals surface area (Å²) in [6, 6.07) is 30.5. The fraction of sp³-hybridized carbons (Fsp3) is 0.0909. The van der Waals surface area contributed by atoms with Gasteiger partial charge in [0.25, 0.3) is 23.4 Å². The molecule has 18 nitrogen and oxygen atoms in total. The highest BCUT2D eigenvalue weighted by Gasteiger charge is 2.18. The van der Waals surface area contributed by atoms with Crippen LogP contribution in [0.1, 0.15) is 44.3 Å². The lowest BCUT2D eigenvalue weighted by atomic mass is 10.1. The first-order chi connectivity index (χ1) is 30.5. The van der Waals surface area contributed by atoms with Crippen LogP contribution in [-0.2, 0) is 0 Å². The Balaban J connectivity index is 0.000000147. The lowest BCUT2D eigenvalue weighted by molar-refractivity contribution is 0.0969. The van der Waals surface area contributed by atoms with Crippen molar-refractivity contribution < 1.29 is 18.4 Å². The molecule has 0 aliphatic heterocycles. The van der Waals surface area contributed by atoms with Crippen LogP contribution in [0.4, 0.5) is 5.82 Å². The standard InChI is InChI=1S/C22H17N7O2.C16H10ClN5.C6H8N2O2/c1-13-19(31-14(2)24-13)21(30)26-18-10-6-9-17(25-18)20-27-22-23-11-16(12-29(22)28-20)15-7-4-3-5-8-15;17-14-8-4-7-13(19-14)15-20-16-18-9-12(10-22(16)21-15)11-5-2-1-3-6-11;1-3-5(6(7)9)10-4(2)8-3/h3-12H,1-2H3,(H,25,26,30);1-10H;1-2H3,(H2,7,9). The number of carbonyl (C=O) groups excluding carboxylic acids is 2. The summed E-state index contributed by atoms with van der Waals surface area (Å²) in [6.45, 7) is 6.75. The number of halogens is 1. The predicted molar refractivity (Wildman–Crippen MR) is 232 cm³/mol. The summed E-state index contributed by atoms with van der Waals surface area (Å²) in [4.78, 5) is 57.2. The Morgan fingerprint density at radius 3 is 1.52 bits per heavy atom. The lowest BCUT2D eigenvalue weighted by Crippen LogP contribution is -2.13. The van der Waals surface area contributed by atoms with E-state index in [9.17, 15) is 9.59 Å². The van der Waals surface area contributed by atoms with E-state index in [1.807, 2.05) is 85.2 Å². The van der Waals surface area contributed by atoms with E-state index in [0.717, 1.165) is 22.3 Å². The van der Waals surface area contributed by atoms with Gasteiger partial charge in [-0.1, -0.05) is 84.4 Å². The van der Waals surface area contributed by atoms with Gasteiger partial charge in [0.1, 0.15) is 22.4 Å². The van der Waals surface area contributed by atoms with Crippen molar-refractivity contribution in [3.63, 3.8) is 0 Å². The molecule has 0 fully saturated rings. The number of primary amides is 1. The number of aryl methyl sites for hydroxylation is 4. The molecule has 0 radical (unpaired) electrons. The third-order valence-electron chi connectivity index (χ3n) is 9.00. The smallest absolute Gasteiger partial charge is 0.294 e. The zero-order valence-electron chi connectivity index (χ0n) is 34.0. The summed E-state index contributed by atoms with van der Waals surface area (Å²) in [5.74, 6) is 2.46. The molecule has 3 N–H and O–H groups in total. The first-order valence-corrected chi connectivity index (χ1v) is 19.5. The summed E-state index contributed by atoms with van der Waals surface area (Å²) in [5.41, 5.74) is 11.2. The fourth-order valence-corrected chi connectivity index (χ4v) is 6.34. The number of benzene rings is 2. The van der Waals surface area contributed by atoms with Crippen molar-refractivity contribution in [1.82, 2.24) is 59.1 Å². The first-order valence-electron chi connectivity index (χ1n) is 19.1. The van der Waals surface area contributed by atoms with Gasteiger partial charge in [0.2, 0.25) is 23.2 Å². The molecule has 10 rings (SSSR count). The molecule has 0 saturated heterocycles. The maximum absolute atomic E-state index is 12.5. The molecular weight excluding hydrogens is 824 g/mol. The number of pyridine rings is 2. The van der Waals surface area contributed by atoms with Crippen molar-refractivity contribution in [2.75, 3.05) is 5.32 Å². The molecule has 10 aromatic rings. The first kappa shape index (κ1) is 41.2. The quantitative estimate of drug-likeness (QED) is 0.147. The van der Waals surface area contributed by atoms with Crippen molar-refractivity contribution >= 4 is 40.8 Å². The Morgan fingerprint density at radius 2 is 1.06 bits per heavy atom. The average molecular weight is 859 g/mol. The minimum atomic E-state index is -0.571. The molecule has 8 heterocycles. The molecule has 63 heavy (non-hydrogen) atoms. The molecule has 8 aromatic heterocycles. The Morgan fingerprint density at radius 1 is 0.571 bits per heavy atom. The topological polar surface area (TPSA) is 236 Å². The van der Waals surface area contributed by atoms with Gasteiger partial charge in [-0.15, -0.1) is 10.2 Å². The van der Waals surface area contributed by atoms with Crippen LogP contribution in [0.2, 0.25) is 5.15 Å². The van der Waals surface area contributed by atoms with Crippen molar-refractivity contribution in [1.29, 1.82) is 0 Å². The summed E-state index contributed by atoms with van der Waals surface area (Å²) >= 11 is 5.91. The number of nitrogens with one attached hydrogen (secondary N) is 1. The highest BCUT2D eigenvalue weighted by molar-refractivity contribution is 6.29. The normalized spacial score (nSPS) is 10.8. The molecule has 312 valence electrons. The Bertz CT molecular complexity index is 3240. The van der Waals surface area contributed by atoms with Crippen LogP contribution in [-0.4, -0.2) is 70.9 Å². The number of fused-ring (bicyclic) bond motifs is 2. The fourth-order valence-electron chi connectivity index (χ4n) is 6.18. The van der Waals surface area contributed by atoms with Crippen LogP contribution in [0.3, 0.4) is 0 Å². The van der Waals surface area contributed by atoms with Crippen molar-refractivity contribution in [2.45, 2.75) is 27.7 Å². The van der Waals surface area contributed by atoms with E-state index in [4.69, 9.17) is 26.2 Å². The Hall–Kier alpha value is -8.51. The molecule has 0 atom stereocenters. The van der Waals surface area contributed by atoms with E-state index in [0.29, 0.717) is 68.7 Å². The van der Waals surface area contributed by atoms with E-state index in [2.05, 4.69) is 55.4 Å². The summed E-state index contributed by atoms with van der Waals surface area (Å²) in [6.07, 6.45) is 7.32. The van der Waals surface area contributed by atoms with Gasteiger partial charge < -0.3 is 19.9 Å². The molecule has 0 aliphatic rings. The van der Waals surface area contributed by atoms with E-state index < -0.39 is 11.8 Å². The molecule has 0 aliphatic carbocycles. The zero-order chi connectivity index (χ0) is 44.0. The van der Waals surface area contributed by atoms with Crippen LogP contribution in [0.25, 0.3) is 56.8 Å². The van der Waals surface area contributed by atoms with Gasteiger partial charge in [-0.25, -0.2) is 38.9 Å².